The molecule has 0 saturated carbocycles. The standard InChI is InChI=1S/C13H17F3N6/c1-7-5-8(2)20-11-9(7)10(17)21-12(22-11)19-4-3-18-6-13(14,15)16/h5,18H,3-4,6H2,1-2H3,(H3,17,19,20,21,22). The first-order valence-electron chi connectivity index (χ1n) is 6.69. The molecule has 0 aromatic carbocycles. The van der Waals surface area contributed by atoms with E-state index in [1.165, 1.54) is 0 Å². The summed E-state index contributed by atoms with van der Waals surface area (Å²) in [5.74, 6) is 0.539. The molecule has 0 aliphatic heterocycles. The third-order valence-corrected chi connectivity index (χ3v) is 2.93. The third-order valence-electron chi connectivity index (χ3n) is 2.93. The van der Waals surface area contributed by atoms with Crippen LogP contribution in [-0.4, -0.2) is 40.8 Å². The Hall–Kier alpha value is -2.16. The quantitative estimate of drug-likeness (QED) is 0.729. The second kappa shape index (κ2) is 6.30. The van der Waals surface area contributed by atoms with Crippen molar-refractivity contribution in [1.29, 1.82) is 0 Å². The van der Waals surface area contributed by atoms with E-state index in [1.807, 2.05) is 19.9 Å². The van der Waals surface area contributed by atoms with Crippen molar-refractivity contribution in [1.82, 2.24) is 20.3 Å². The van der Waals surface area contributed by atoms with E-state index in [1.54, 1.807) is 0 Å². The summed E-state index contributed by atoms with van der Waals surface area (Å²) < 4.78 is 35.9. The van der Waals surface area contributed by atoms with Crippen molar-refractivity contribution in [2.45, 2.75) is 20.0 Å². The summed E-state index contributed by atoms with van der Waals surface area (Å²) in [5, 5.41) is 5.79. The zero-order chi connectivity index (χ0) is 16.3. The maximum absolute atomic E-state index is 12.0. The van der Waals surface area contributed by atoms with Gasteiger partial charge >= 0.3 is 6.18 Å². The van der Waals surface area contributed by atoms with Gasteiger partial charge in [-0.25, -0.2) is 4.98 Å². The van der Waals surface area contributed by atoms with Gasteiger partial charge in [-0.05, 0) is 25.5 Å². The molecule has 0 radical (unpaired) electrons. The highest BCUT2D eigenvalue weighted by Crippen LogP contribution is 2.22. The first-order chi connectivity index (χ1) is 10.3. The maximum Gasteiger partial charge on any atom is 0.401 e. The van der Waals surface area contributed by atoms with Crippen LogP contribution in [-0.2, 0) is 0 Å². The molecule has 2 aromatic heterocycles. The van der Waals surface area contributed by atoms with Gasteiger partial charge in [0.2, 0.25) is 5.95 Å². The smallest absolute Gasteiger partial charge is 0.383 e. The molecule has 0 amide bonds. The Morgan fingerprint density at radius 2 is 1.86 bits per heavy atom. The molecule has 0 atom stereocenters. The zero-order valence-electron chi connectivity index (χ0n) is 12.3. The van der Waals surface area contributed by atoms with Crippen LogP contribution >= 0.6 is 0 Å². The zero-order valence-corrected chi connectivity index (χ0v) is 12.3. The van der Waals surface area contributed by atoms with Gasteiger partial charge in [0.1, 0.15) is 5.82 Å². The summed E-state index contributed by atoms with van der Waals surface area (Å²) >= 11 is 0. The number of pyridine rings is 1. The lowest BCUT2D eigenvalue weighted by atomic mass is 10.1. The molecule has 0 spiro atoms. The lowest BCUT2D eigenvalue weighted by Gasteiger charge is -2.11. The van der Waals surface area contributed by atoms with Gasteiger partial charge in [-0.3, -0.25) is 0 Å². The molecule has 120 valence electrons. The van der Waals surface area contributed by atoms with E-state index in [0.717, 1.165) is 11.3 Å². The number of nitrogens with one attached hydrogen (secondary N) is 2. The van der Waals surface area contributed by atoms with Crippen LogP contribution in [0.1, 0.15) is 11.3 Å². The first-order valence-corrected chi connectivity index (χ1v) is 6.69. The van der Waals surface area contributed by atoms with Crippen LogP contribution in [0.3, 0.4) is 0 Å². The topological polar surface area (TPSA) is 88.8 Å². The summed E-state index contributed by atoms with van der Waals surface area (Å²) in [6.07, 6.45) is -4.22. The van der Waals surface area contributed by atoms with Crippen molar-refractivity contribution in [2.24, 2.45) is 0 Å². The molecule has 0 unspecified atom stereocenters. The molecule has 22 heavy (non-hydrogen) atoms. The van der Waals surface area contributed by atoms with Crippen molar-refractivity contribution < 1.29 is 13.2 Å². The SMILES string of the molecule is Cc1cc(C)c2c(N)nc(NCCNCC(F)(F)F)nc2n1. The summed E-state index contributed by atoms with van der Waals surface area (Å²) in [7, 11) is 0. The molecule has 9 heteroatoms. The van der Waals surface area contributed by atoms with Crippen LogP contribution in [0.2, 0.25) is 0 Å². The van der Waals surface area contributed by atoms with Gasteiger partial charge in [0.05, 0.1) is 11.9 Å². The van der Waals surface area contributed by atoms with E-state index in [9.17, 15) is 13.2 Å². The molecule has 0 aliphatic rings. The molecule has 0 saturated heterocycles. The molecule has 2 heterocycles. The van der Waals surface area contributed by atoms with Gasteiger partial charge in [0, 0.05) is 18.8 Å². The van der Waals surface area contributed by atoms with E-state index in [2.05, 4.69) is 25.6 Å². The Bertz CT molecular complexity index is 671. The molecule has 6 nitrogen and oxygen atoms in total. The minimum Gasteiger partial charge on any atom is -0.383 e. The maximum atomic E-state index is 12.0. The predicted molar refractivity (Wildman–Crippen MR) is 78.6 cm³/mol. The number of aryl methyl sites for hydroxylation is 2. The Morgan fingerprint density at radius 3 is 2.55 bits per heavy atom. The second-order valence-electron chi connectivity index (χ2n) is 4.93. The molecule has 2 rings (SSSR count). The average Bonchev–Trinajstić information content (AvgIpc) is 2.35. The number of halogens is 3. The lowest BCUT2D eigenvalue weighted by molar-refractivity contribution is -0.124. The van der Waals surface area contributed by atoms with Gasteiger partial charge in [0.15, 0.2) is 5.65 Å². The predicted octanol–water partition coefficient (Wildman–Crippen LogP) is 1.79. The summed E-state index contributed by atoms with van der Waals surface area (Å²) in [5.41, 5.74) is 8.10. The van der Waals surface area contributed by atoms with Gasteiger partial charge in [-0.15, -0.1) is 0 Å². The highest BCUT2D eigenvalue weighted by atomic mass is 19.4. The molecule has 0 fully saturated rings. The Morgan fingerprint density at radius 1 is 1.14 bits per heavy atom. The Balaban J connectivity index is 2.04. The van der Waals surface area contributed by atoms with Gasteiger partial charge in [0.25, 0.3) is 0 Å². The average molecular weight is 314 g/mol. The van der Waals surface area contributed by atoms with E-state index in [-0.39, 0.29) is 19.0 Å². The monoisotopic (exact) mass is 314 g/mol. The highest BCUT2D eigenvalue weighted by molar-refractivity contribution is 5.89. The Kier molecular flexibility index (Phi) is 4.65. The fraction of sp³-hybridized carbons (Fsp3) is 0.462. The number of hydrogen-bond donors (Lipinski definition) is 3. The molecule has 0 aliphatic carbocycles. The number of fused-ring (bicyclic) bond motifs is 1. The highest BCUT2D eigenvalue weighted by Gasteiger charge is 2.25. The van der Waals surface area contributed by atoms with E-state index in [0.29, 0.717) is 16.9 Å². The van der Waals surface area contributed by atoms with Crippen LogP contribution in [0, 0.1) is 13.8 Å². The Labute approximate surface area is 125 Å². The van der Waals surface area contributed by atoms with Crippen LogP contribution in [0.4, 0.5) is 24.9 Å². The van der Waals surface area contributed by atoms with Crippen LogP contribution in [0.5, 0.6) is 0 Å². The normalized spacial score (nSPS) is 11.9. The van der Waals surface area contributed by atoms with E-state index >= 15 is 0 Å². The first kappa shape index (κ1) is 16.2. The van der Waals surface area contributed by atoms with Crippen LogP contribution in [0.25, 0.3) is 11.0 Å². The fourth-order valence-corrected chi connectivity index (χ4v) is 2.08. The number of rotatable bonds is 5. The van der Waals surface area contributed by atoms with Crippen molar-refractivity contribution in [2.75, 3.05) is 30.7 Å². The molecular weight excluding hydrogens is 297 g/mol. The molecule has 4 N–H and O–H groups in total. The number of alkyl halides is 3. The number of aromatic nitrogens is 3. The number of nitrogen functional groups attached to an aromatic ring is 1. The van der Waals surface area contributed by atoms with Gasteiger partial charge in [-0.1, -0.05) is 0 Å². The van der Waals surface area contributed by atoms with Crippen molar-refractivity contribution >= 4 is 22.8 Å². The van der Waals surface area contributed by atoms with Crippen molar-refractivity contribution in [3.8, 4) is 0 Å². The van der Waals surface area contributed by atoms with E-state index < -0.39 is 12.7 Å². The number of nitrogens with zero attached hydrogens (tertiary/aromatic N) is 3. The van der Waals surface area contributed by atoms with Crippen LogP contribution < -0.4 is 16.4 Å². The van der Waals surface area contributed by atoms with Gasteiger partial charge < -0.3 is 16.4 Å². The number of hydrogen-bond acceptors (Lipinski definition) is 6. The summed E-state index contributed by atoms with van der Waals surface area (Å²) in [4.78, 5) is 12.6. The van der Waals surface area contributed by atoms with Crippen LogP contribution in [0.15, 0.2) is 6.07 Å². The fourth-order valence-electron chi connectivity index (χ4n) is 2.08. The lowest BCUT2D eigenvalue weighted by Crippen LogP contribution is -2.32. The van der Waals surface area contributed by atoms with Gasteiger partial charge in [-0.2, -0.15) is 23.1 Å². The molecule has 0 bridgehead atoms. The number of nitrogens with two attached hydrogens (primary N) is 1. The molecule has 2 aromatic rings. The number of anilines is 2. The second-order valence-corrected chi connectivity index (χ2v) is 4.93. The summed E-state index contributed by atoms with van der Waals surface area (Å²) in [6, 6.07) is 1.89. The molecular formula is C13H17F3N6. The largest absolute Gasteiger partial charge is 0.401 e. The third kappa shape index (κ3) is 4.17. The van der Waals surface area contributed by atoms with Crippen molar-refractivity contribution in [3.05, 3.63) is 17.3 Å². The van der Waals surface area contributed by atoms with Crippen molar-refractivity contribution in [3.63, 3.8) is 0 Å². The minimum atomic E-state index is -4.22. The van der Waals surface area contributed by atoms with E-state index in [4.69, 9.17) is 5.73 Å². The minimum absolute atomic E-state index is 0.126. The summed E-state index contributed by atoms with van der Waals surface area (Å²) in [6.45, 7) is 3.08.